The number of nitrogens with one attached hydrogen (secondary N) is 1. The quantitative estimate of drug-likeness (QED) is 0.815. The fraction of sp³-hybridized carbons (Fsp3) is 0.478. The second-order valence-electron chi connectivity index (χ2n) is 8.00. The number of carbonyl (C=O) groups excluding carboxylic acids is 1. The van der Waals surface area contributed by atoms with Crippen LogP contribution in [0.25, 0.3) is 0 Å². The minimum Gasteiger partial charge on any atom is -0.455 e. The van der Waals surface area contributed by atoms with E-state index in [1.54, 1.807) is 6.20 Å². The molecule has 0 radical (unpaired) electrons. The smallest absolute Gasteiger partial charge is 0.253 e. The van der Waals surface area contributed by atoms with Crippen LogP contribution in [0.5, 0.6) is 11.5 Å². The second-order valence-corrected chi connectivity index (χ2v) is 8.00. The Bertz CT molecular complexity index is 848. The molecule has 1 aliphatic heterocycles. The zero-order valence-corrected chi connectivity index (χ0v) is 17.4. The Kier molecular flexibility index (Phi) is 6.11. The summed E-state index contributed by atoms with van der Waals surface area (Å²) < 4.78 is 6.03. The molecular formula is C23H30N4O2. The number of benzene rings is 1. The van der Waals surface area contributed by atoms with E-state index in [2.05, 4.69) is 15.2 Å². The van der Waals surface area contributed by atoms with Crippen molar-refractivity contribution in [1.29, 1.82) is 0 Å². The van der Waals surface area contributed by atoms with Crippen LogP contribution >= 0.6 is 0 Å². The molecule has 0 bridgehead atoms. The zero-order chi connectivity index (χ0) is 20.2. The molecule has 0 atom stereocenters. The minimum absolute atomic E-state index is 0.114. The summed E-state index contributed by atoms with van der Waals surface area (Å²) in [6.07, 6.45) is 5.41. The average molecular weight is 395 g/mol. The van der Waals surface area contributed by atoms with Crippen LogP contribution in [-0.4, -0.2) is 60.0 Å². The van der Waals surface area contributed by atoms with Crippen LogP contribution in [0, 0.1) is 6.92 Å². The third-order valence-corrected chi connectivity index (χ3v) is 5.67. The summed E-state index contributed by atoms with van der Waals surface area (Å²) in [5.41, 5.74) is 2.64. The first-order valence-electron chi connectivity index (χ1n) is 10.6. The molecule has 2 heterocycles. The number of rotatable bonds is 6. The molecule has 1 aromatic heterocycles. The molecule has 2 fully saturated rings. The molecule has 2 aromatic rings. The second kappa shape index (κ2) is 8.93. The Morgan fingerprint density at radius 3 is 2.76 bits per heavy atom. The molecule has 154 valence electrons. The molecule has 6 nitrogen and oxygen atoms in total. The lowest BCUT2D eigenvalue weighted by Gasteiger charge is -2.22. The van der Waals surface area contributed by atoms with Gasteiger partial charge >= 0.3 is 0 Å². The third kappa shape index (κ3) is 4.95. The lowest BCUT2D eigenvalue weighted by atomic mass is 10.1. The fourth-order valence-corrected chi connectivity index (χ4v) is 3.91. The number of nitrogens with zero attached hydrogens (tertiary/aromatic N) is 3. The lowest BCUT2D eigenvalue weighted by Crippen LogP contribution is -2.35. The van der Waals surface area contributed by atoms with E-state index in [4.69, 9.17) is 4.74 Å². The Hall–Kier alpha value is -2.44. The summed E-state index contributed by atoms with van der Waals surface area (Å²) in [4.78, 5) is 22.0. The maximum Gasteiger partial charge on any atom is 0.253 e. The van der Waals surface area contributed by atoms with Crippen LogP contribution < -0.4 is 10.1 Å². The van der Waals surface area contributed by atoms with Crippen LogP contribution in [0.2, 0.25) is 0 Å². The molecule has 0 unspecified atom stereocenters. The number of pyridine rings is 1. The first-order chi connectivity index (χ1) is 14.1. The summed E-state index contributed by atoms with van der Waals surface area (Å²) in [5.74, 6) is 1.56. The van der Waals surface area contributed by atoms with Crippen LogP contribution in [0.4, 0.5) is 0 Å². The molecule has 1 saturated heterocycles. The van der Waals surface area contributed by atoms with Gasteiger partial charge < -0.3 is 15.0 Å². The topological polar surface area (TPSA) is 57.7 Å². The maximum atomic E-state index is 13.1. The fourth-order valence-electron chi connectivity index (χ4n) is 3.91. The Labute approximate surface area is 172 Å². The van der Waals surface area contributed by atoms with Crippen molar-refractivity contribution in [2.75, 3.05) is 33.2 Å². The van der Waals surface area contributed by atoms with Gasteiger partial charge in [0.2, 0.25) is 0 Å². The van der Waals surface area contributed by atoms with E-state index in [-0.39, 0.29) is 5.91 Å². The van der Waals surface area contributed by atoms with Crippen molar-refractivity contribution in [2.45, 2.75) is 38.8 Å². The van der Waals surface area contributed by atoms with Crippen LogP contribution in [0.3, 0.4) is 0 Å². The molecule has 0 spiro atoms. The molecular weight excluding hydrogens is 364 g/mol. The number of hydrogen-bond donors (Lipinski definition) is 1. The van der Waals surface area contributed by atoms with Crippen molar-refractivity contribution in [3.05, 3.63) is 53.3 Å². The highest BCUT2D eigenvalue weighted by Gasteiger charge is 2.31. The predicted octanol–water partition coefficient (Wildman–Crippen LogP) is 3.21. The highest BCUT2D eigenvalue weighted by Crippen LogP contribution is 2.29. The van der Waals surface area contributed by atoms with Crippen molar-refractivity contribution in [3.8, 4) is 11.5 Å². The van der Waals surface area contributed by atoms with Gasteiger partial charge in [-0.05, 0) is 63.6 Å². The Morgan fingerprint density at radius 2 is 2.03 bits per heavy atom. The van der Waals surface area contributed by atoms with Crippen LogP contribution in [0.1, 0.15) is 40.9 Å². The first-order valence-corrected chi connectivity index (χ1v) is 10.6. The summed E-state index contributed by atoms with van der Waals surface area (Å²) in [6, 6.07) is 10.3. The molecule has 29 heavy (non-hydrogen) atoms. The number of aromatic nitrogens is 1. The molecule has 1 N–H and O–H groups in total. The van der Waals surface area contributed by atoms with Crippen LogP contribution in [0.15, 0.2) is 36.5 Å². The number of hydrogen-bond acceptors (Lipinski definition) is 5. The van der Waals surface area contributed by atoms with Crippen molar-refractivity contribution in [2.24, 2.45) is 0 Å². The first kappa shape index (κ1) is 19.9. The van der Waals surface area contributed by atoms with Crippen molar-refractivity contribution in [1.82, 2.24) is 20.1 Å². The largest absolute Gasteiger partial charge is 0.455 e. The van der Waals surface area contributed by atoms with Crippen molar-refractivity contribution in [3.63, 3.8) is 0 Å². The van der Waals surface area contributed by atoms with Gasteiger partial charge in [-0.25, -0.2) is 0 Å². The predicted molar refractivity (Wildman–Crippen MR) is 113 cm³/mol. The summed E-state index contributed by atoms with van der Waals surface area (Å²) >= 11 is 0. The number of amides is 1. The van der Waals surface area contributed by atoms with Crippen molar-refractivity contribution < 1.29 is 9.53 Å². The van der Waals surface area contributed by atoms with Gasteiger partial charge in [0.1, 0.15) is 11.5 Å². The van der Waals surface area contributed by atoms with E-state index in [0.717, 1.165) is 61.2 Å². The molecule has 1 aliphatic carbocycles. The van der Waals surface area contributed by atoms with Gasteiger partial charge in [-0.2, -0.15) is 0 Å². The van der Waals surface area contributed by atoms with Gasteiger partial charge in [-0.1, -0.05) is 0 Å². The molecule has 1 amide bonds. The normalized spacial score (nSPS) is 17.8. The van der Waals surface area contributed by atoms with Gasteiger partial charge in [-0.3, -0.25) is 14.7 Å². The number of ether oxygens (including phenoxy) is 1. The van der Waals surface area contributed by atoms with E-state index in [0.29, 0.717) is 12.3 Å². The Morgan fingerprint density at radius 1 is 1.17 bits per heavy atom. The van der Waals surface area contributed by atoms with Gasteiger partial charge in [0.15, 0.2) is 0 Å². The molecule has 6 heteroatoms. The van der Waals surface area contributed by atoms with E-state index < -0.39 is 0 Å². The number of carbonyl (C=O) groups is 1. The average Bonchev–Trinajstić information content (AvgIpc) is 3.57. The highest BCUT2D eigenvalue weighted by atomic mass is 16.5. The summed E-state index contributed by atoms with van der Waals surface area (Å²) in [7, 11) is 1.90. The monoisotopic (exact) mass is 394 g/mol. The molecule has 2 aliphatic rings. The zero-order valence-electron chi connectivity index (χ0n) is 17.4. The summed E-state index contributed by atoms with van der Waals surface area (Å²) in [6.45, 7) is 6.31. The van der Waals surface area contributed by atoms with Gasteiger partial charge in [0.25, 0.3) is 5.91 Å². The summed E-state index contributed by atoms with van der Waals surface area (Å²) in [5, 5.41) is 3.17. The van der Waals surface area contributed by atoms with E-state index >= 15 is 0 Å². The maximum absolute atomic E-state index is 13.1. The number of aryl methyl sites for hydroxylation is 1. The van der Waals surface area contributed by atoms with E-state index in [1.807, 2.05) is 49.2 Å². The molecule has 4 rings (SSSR count). The minimum atomic E-state index is 0.114. The SMILES string of the molecule is CNCc1cc(C(=O)N2CCCN(C3CC3)CC2)ccc1Oc1ccc(C)nc1. The van der Waals surface area contributed by atoms with Crippen LogP contribution in [-0.2, 0) is 6.54 Å². The van der Waals surface area contributed by atoms with Gasteiger partial charge in [0.05, 0.1) is 6.20 Å². The Balaban J connectivity index is 1.48. The molecule has 1 saturated carbocycles. The standard InChI is InChI=1S/C23H30N4O2/c1-17-4-8-21(16-25-17)29-22-9-5-18(14-19(22)15-24-2)23(28)27-11-3-10-26(12-13-27)20-6-7-20/h4-5,8-9,14,16,20,24H,3,6-7,10-13,15H2,1-2H3. The van der Waals surface area contributed by atoms with E-state index in [1.165, 1.54) is 12.8 Å². The van der Waals surface area contributed by atoms with Gasteiger partial charge in [0, 0.05) is 55.6 Å². The highest BCUT2D eigenvalue weighted by molar-refractivity contribution is 5.94. The molecule has 1 aromatic carbocycles. The van der Waals surface area contributed by atoms with Gasteiger partial charge in [-0.15, -0.1) is 0 Å². The van der Waals surface area contributed by atoms with E-state index in [9.17, 15) is 4.79 Å². The third-order valence-electron chi connectivity index (χ3n) is 5.67. The van der Waals surface area contributed by atoms with Crippen molar-refractivity contribution >= 4 is 5.91 Å². The lowest BCUT2D eigenvalue weighted by molar-refractivity contribution is 0.0761.